The maximum atomic E-state index is 12.1. The monoisotopic (exact) mass is 349 g/mol. The van der Waals surface area contributed by atoms with E-state index in [1.54, 1.807) is 25.1 Å². The van der Waals surface area contributed by atoms with Crippen molar-refractivity contribution in [3.05, 3.63) is 53.5 Å². The number of carbonyl (C=O) groups is 1. The molecule has 0 saturated heterocycles. The highest BCUT2D eigenvalue weighted by Gasteiger charge is 2.22. The third-order valence-corrected chi connectivity index (χ3v) is 4.37. The van der Waals surface area contributed by atoms with Crippen molar-refractivity contribution in [2.24, 2.45) is 5.10 Å². The van der Waals surface area contributed by atoms with E-state index in [-0.39, 0.29) is 6.54 Å². The molecule has 1 aromatic carbocycles. The number of nitrogens with one attached hydrogen (secondary N) is 1. The standard InChI is InChI=1S/C16H19N3O4S/c1-12-6-7-13(2)15(9-12)19(24(3,21)22)11-16(20)18-17-10-14-5-4-8-23-14/h4-10H,11H2,1-3H3,(H,18,20)/b17-10-. The Morgan fingerprint density at radius 2 is 2.08 bits per heavy atom. The van der Waals surface area contributed by atoms with Gasteiger partial charge in [0.25, 0.3) is 5.91 Å². The van der Waals surface area contributed by atoms with Crippen LogP contribution in [0.5, 0.6) is 0 Å². The molecule has 24 heavy (non-hydrogen) atoms. The number of hydrogen-bond acceptors (Lipinski definition) is 5. The van der Waals surface area contributed by atoms with Crippen molar-refractivity contribution < 1.29 is 17.6 Å². The number of anilines is 1. The Balaban J connectivity index is 2.15. The zero-order chi connectivity index (χ0) is 17.7. The van der Waals surface area contributed by atoms with E-state index in [1.807, 2.05) is 19.1 Å². The Morgan fingerprint density at radius 1 is 1.33 bits per heavy atom. The number of rotatable bonds is 6. The second kappa shape index (κ2) is 7.31. The van der Waals surface area contributed by atoms with Gasteiger partial charge in [0.15, 0.2) is 0 Å². The SMILES string of the molecule is Cc1ccc(C)c(N(CC(=O)N/N=C\c2ccco2)S(C)(=O)=O)c1. The first-order valence-corrected chi connectivity index (χ1v) is 9.02. The van der Waals surface area contributed by atoms with Crippen LogP contribution in [0.1, 0.15) is 16.9 Å². The van der Waals surface area contributed by atoms with Gasteiger partial charge in [-0.1, -0.05) is 12.1 Å². The molecule has 7 nitrogen and oxygen atoms in total. The minimum absolute atomic E-state index is 0.362. The van der Waals surface area contributed by atoms with Crippen LogP contribution in [-0.4, -0.2) is 33.3 Å². The van der Waals surface area contributed by atoms with E-state index in [4.69, 9.17) is 4.42 Å². The molecule has 0 aliphatic carbocycles. The zero-order valence-corrected chi connectivity index (χ0v) is 14.5. The Labute approximate surface area is 141 Å². The second-order valence-corrected chi connectivity index (χ2v) is 7.27. The van der Waals surface area contributed by atoms with Crippen molar-refractivity contribution in [2.75, 3.05) is 17.1 Å². The number of sulfonamides is 1. The van der Waals surface area contributed by atoms with E-state index in [0.29, 0.717) is 11.4 Å². The van der Waals surface area contributed by atoms with Crippen molar-refractivity contribution in [1.29, 1.82) is 0 Å². The maximum absolute atomic E-state index is 12.1. The summed E-state index contributed by atoms with van der Waals surface area (Å²) in [5, 5.41) is 3.74. The van der Waals surface area contributed by atoms with Gasteiger partial charge >= 0.3 is 0 Å². The van der Waals surface area contributed by atoms with Crippen molar-refractivity contribution in [3.8, 4) is 0 Å². The van der Waals surface area contributed by atoms with Gasteiger partial charge in [-0.3, -0.25) is 9.10 Å². The lowest BCUT2D eigenvalue weighted by Gasteiger charge is -2.23. The number of hydrazone groups is 1. The number of furan rings is 1. The van der Waals surface area contributed by atoms with Gasteiger partial charge in [-0.15, -0.1) is 0 Å². The number of aryl methyl sites for hydroxylation is 2. The molecule has 2 rings (SSSR count). The zero-order valence-electron chi connectivity index (χ0n) is 13.7. The average Bonchev–Trinajstić information content (AvgIpc) is 3.00. The Bertz CT molecular complexity index is 842. The van der Waals surface area contributed by atoms with Crippen LogP contribution in [0.25, 0.3) is 0 Å². The molecular formula is C16H19N3O4S. The Morgan fingerprint density at radius 3 is 2.71 bits per heavy atom. The average molecular weight is 349 g/mol. The highest BCUT2D eigenvalue weighted by molar-refractivity contribution is 7.92. The molecule has 0 spiro atoms. The van der Waals surface area contributed by atoms with Gasteiger partial charge < -0.3 is 4.42 Å². The minimum Gasteiger partial charge on any atom is -0.463 e. The summed E-state index contributed by atoms with van der Waals surface area (Å²) in [4.78, 5) is 12.0. The molecule has 1 N–H and O–H groups in total. The summed E-state index contributed by atoms with van der Waals surface area (Å²) in [5.74, 6) is -0.0751. The van der Waals surface area contributed by atoms with Crippen LogP contribution in [0.4, 0.5) is 5.69 Å². The third-order valence-electron chi connectivity index (χ3n) is 3.25. The first kappa shape index (κ1) is 17.7. The van der Waals surface area contributed by atoms with Crippen molar-refractivity contribution >= 4 is 27.8 Å². The van der Waals surface area contributed by atoms with E-state index in [9.17, 15) is 13.2 Å². The van der Waals surface area contributed by atoms with E-state index >= 15 is 0 Å². The molecule has 0 bridgehead atoms. The smallest absolute Gasteiger partial charge is 0.260 e. The summed E-state index contributed by atoms with van der Waals surface area (Å²) in [7, 11) is -3.62. The van der Waals surface area contributed by atoms with Gasteiger partial charge in [0.05, 0.1) is 24.4 Å². The van der Waals surface area contributed by atoms with E-state index in [0.717, 1.165) is 21.7 Å². The van der Waals surface area contributed by atoms with Crippen LogP contribution in [0.3, 0.4) is 0 Å². The summed E-state index contributed by atoms with van der Waals surface area (Å²) in [5.41, 5.74) is 4.43. The molecule has 0 radical (unpaired) electrons. The molecular weight excluding hydrogens is 330 g/mol. The normalized spacial score (nSPS) is 11.6. The van der Waals surface area contributed by atoms with Crippen LogP contribution >= 0.6 is 0 Å². The summed E-state index contributed by atoms with van der Waals surface area (Å²) in [6.45, 7) is 3.29. The molecule has 1 heterocycles. The van der Waals surface area contributed by atoms with Crippen LogP contribution in [0.15, 0.2) is 46.1 Å². The van der Waals surface area contributed by atoms with Gasteiger partial charge in [-0.25, -0.2) is 13.8 Å². The molecule has 128 valence electrons. The summed E-state index contributed by atoms with van der Waals surface area (Å²) in [6, 6.07) is 8.79. The summed E-state index contributed by atoms with van der Waals surface area (Å²) < 4.78 is 30.3. The second-order valence-electron chi connectivity index (χ2n) is 5.37. The first-order valence-electron chi connectivity index (χ1n) is 7.18. The predicted molar refractivity (Wildman–Crippen MR) is 92.6 cm³/mol. The highest BCUT2D eigenvalue weighted by atomic mass is 32.2. The number of nitrogens with zero attached hydrogens (tertiary/aromatic N) is 2. The number of carbonyl (C=O) groups excluding carboxylic acids is 1. The van der Waals surface area contributed by atoms with Crippen molar-refractivity contribution in [2.45, 2.75) is 13.8 Å². The van der Waals surface area contributed by atoms with Crippen molar-refractivity contribution in [3.63, 3.8) is 0 Å². The van der Waals surface area contributed by atoms with E-state index in [1.165, 1.54) is 12.5 Å². The van der Waals surface area contributed by atoms with Crippen molar-refractivity contribution in [1.82, 2.24) is 5.43 Å². The van der Waals surface area contributed by atoms with E-state index in [2.05, 4.69) is 10.5 Å². The number of benzene rings is 1. The third kappa shape index (κ3) is 4.69. The molecule has 0 fully saturated rings. The molecule has 0 unspecified atom stereocenters. The molecule has 2 aromatic rings. The van der Waals surface area contributed by atoms with Gasteiger partial charge in [0.2, 0.25) is 10.0 Å². The minimum atomic E-state index is -3.62. The van der Waals surface area contributed by atoms with Crippen LogP contribution in [-0.2, 0) is 14.8 Å². The van der Waals surface area contributed by atoms with Gasteiger partial charge in [0, 0.05) is 0 Å². The Hall–Kier alpha value is -2.61. The fourth-order valence-electron chi connectivity index (χ4n) is 2.07. The molecule has 0 aliphatic heterocycles. The summed E-state index contributed by atoms with van der Waals surface area (Å²) in [6.07, 6.45) is 3.88. The van der Waals surface area contributed by atoms with Crippen LogP contribution in [0.2, 0.25) is 0 Å². The lowest BCUT2D eigenvalue weighted by molar-refractivity contribution is -0.119. The lowest BCUT2D eigenvalue weighted by Crippen LogP contribution is -2.39. The largest absolute Gasteiger partial charge is 0.463 e. The van der Waals surface area contributed by atoms with Gasteiger partial charge in [-0.2, -0.15) is 5.10 Å². The first-order chi connectivity index (χ1) is 11.3. The Kier molecular flexibility index (Phi) is 5.40. The number of hydrogen-bond donors (Lipinski definition) is 1. The molecule has 0 saturated carbocycles. The predicted octanol–water partition coefficient (Wildman–Crippen LogP) is 1.81. The van der Waals surface area contributed by atoms with E-state index < -0.39 is 15.9 Å². The molecule has 1 amide bonds. The highest BCUT2D eigenvalue weighted by Crippen LogP contribution is 2.23. The fraction of sp³-hybridized carbons (Fsp3) is 0.250. The topological polar surface area (TPSA) is 92.0 Å². The van der Waals surface area contributed by atoms with Crippen LogP contribution < -0.4 is 9.73 Å². The molecule has 8 heteroatoms. The molecule has 1 aromatic heterocycles. The quantitative estimate of drug-likeness (QED) is 0.636. The fourth-order valence-corrected chi connectivity index (χ4v) is 2.97. The molecule has 0 atom stereocenters. The maximum Gasteiger partial charge on any atom is 0.260 e. The lowest BCUT2D eigenvalue weighted by atomic mass is 10.1. The van der Waals surface area contributed by atoms with Crippen LogP contribution in [0, 0.1) is 13.8 Å². The number of amides is 1. The molecule has 0 aliphatic rings. The van der Waals surface area contributed by atoms with Gasteiger partial charge in [-0.05, 0) is 43.2 Å². The summed E-state index contributed by atoms with van der Waals surface area (Å²) >= 11 is 0. The van der Waals surface area contributed by atoms with Gasteiger partial charge in [0.1, 0.15) is 12.3 Å².